The van der Waals surface area contributed by atoms with Gasteiger partial charge in [0, 0.05) is 5.69 Å². The maximum Gasteiger partial charge on any atom is 0.238 e. The summed E-state index contributed by atoms with van der Waals surface area (Å²) in [5, 5.41) is 10.9. The Morgan fingerprint density at radius 1 is 1.62 bits per heavy atom. The van der Waals surface area contributed by atoms with Gasteiger partial charge in [0.25, 0.3) is 0 Å². The van der Waals surface area contributed by atoms with E-state index in [1.165, 1.54) is 7.11 Å². The lowest BCUT2D eigenvalue weighted by Gasteiger charge is -2.07. The number of nitriles is 1. The molecule has 0 saturated heterocycles. The number of terminal acetylenes is 1. The summed E-state index contributed by atoms with van der Waals surface area (Å²) in [5.74, 6) is 2.66. The highest BCUT2D eigenvalue weighted by molar-refractivity contribution is 5.92. The van der Waals surface area contributed by atoms with E-state index in [0.717, 1.165) is 0 Å². The largest absolute Gasteiger partial charge is 0.495 e. The fourth-order valence-corrected chi connectivity index (χ4v) is 1.18. The van der Waals surface area contributed by atoms with Crippen LogP contribution >= 0.6 is 0 Å². The van der Waals surface area contributed by atoms with Crippen LogP contribution in [0.1, 0.15) is 12.0 Å². The summed E-state index contributed by atoms with van der Waals surface area (Å²) in [5.41, 5.74) is 1.10. The van der Waals surface area contributed by atoms with Crippen molar-refractivity contribution in [2.75, 3.05) is 12.4 Å². The van der Waals surface area contributed by atoms with Gasteiger partial charge in [0.1, 0.15) is 12.2 Å². The number of nitrogens with one attached hydrogen (secondary N) is 1. The second-order valence-corrected chi connectivity index (χ2v) is 2.94. The summed E-state index contributed by atoms with van der Waals surface area (Å²) < 4.78 is 5.04. The molecule has 0 heterocycles. The molecule has 80 valence electrons. The summed E-state index contributed by atoms with van der Waals surface area (Å²) in [4.78, 5) is 11.2. The minimum absolute atomic E-state index is 0.183. The van der Waals surface area contributed by atoms with Crippen LogP contribution in [0.4, 0.5) is 5.69 Å². The number of carbonyl (C=O) groups is 1. The van der Waals surface area contributed by atoms with Gasteiger partial charge >= 0.3 is 0 Å². The van der Waals surface area contributed by atoms with Crippen LogP contribution in [-0.2, 0) is 4.79 Å². The molecule has 1 aromatic carbocycles. The summed E-state index contributed by atoms with van der Waals surface area (Å²) in [6, 6.07) is 6.71. The van der Waals surface area contributed by atoms with Crippen LogP contribution in [0, 0.1) is 23.7 Å². The molecule has 0 bridgehead atoms. The van der Waals surface area contributed by atoms with Crippen LogP contribution in [0.5, 0.6) is 5.75 Å². The van der Waals surface area contributed by atoms with Gasteiger partial charge in [-0.2, -0.15) is 5.26 Å². The zero-order valence-corrected chi connectivity index (χ0v) is 8.78. The van der Waals surface area contributed by atoms with Crippen molar-refractivity contribution in [2.45, 2.75) is 6.42 Å². The van der Waals surface area contributed by atoms with Crippen molar-refractivity contribution in [1.29, 1.82) is 5.26 Å². The lowest BCUT2D eigenvalue weighted by molar-refractivity contribution is -0.115. The number of anilines is 1. The Morgan fingerprint density at radius 2 is 2.38 bits per heavy atom. The molecule has 1 amide bonds. The maximum absolute atomic E-state index is 11.2. The quantitative estimate of drug-likeness (QED) is 0.776. The number of ether oxygens (including phenoxy) is 1. The number of benzene rings is 1. The highest BCUT2D eigenvalue weighted by atomic mass is 16.5. The Labute approximate surface area is 93.8 Å². The van der Waals surface area contributed by atoms with Crippen LogP contribution in [0.25, 0.3) is 0 Å². The number of amides is 1. The normalized spacial score (nSPS) is 8.69. The molecule has 1 N–H and O–H groups in total. The van der Waals surface area contributed by atoms with Gasteiger partial charge in [-0.1, -0.05) is 5.92 Å². The Morgan fingerprint density at radius 3 is 2.94 bits per heavy atom. The fourth-order valence-electron chi connectivity index (χ4n) is 1.18. The number of methoxy groups -OCH3 is 1. The predicted molar refractivity (Wildman–Crippen MR) is 59.8 cm³/mol. The smallest absolute Gasteiger partial charge is 0.238 e. The van der Waals surface area contributed by atoms with Crippen LogP contribution in [0.2, 0.25) is 0 Å². The van der Waals surface area contributed by atoms with E-state index in [9.17, 15) is 4.79 Å². The minimum Gasteiger partial charge on any atom is -0.495 e. The zero-order chi connectivity index (χ0) is 12.0. The molecule has 0 unspecified atom stereocenters. The van der Waals surface area contributed by atoms with Crippen molar-refractivity contribution in [2.24, 2.45) is 0 Å². The van der Waals surface area contributed by atoms with Crippen molar-refractivity contribution in [3.05, 3.63) is 23.8 Å². The van der Waals surface area contributed by atoms with Crippen molar-refractivity contribution < 1.29 is 9.53 Å². The van der Waals surface area contributed by atoms with Gasteiger partial charge in [-0.15, -0.1) is 6.42 Å². The van der Waals surface area contributed by atoms with E-state index in [0.29, 0.717) is 17.0 Å². The SMILES string of the molecule is C#Cc1cc(NC(=O)CC#N)ccc1OC. The monoisotopic (exact) mass is 214 g/mol. The highest BCUT2D eigenvalue weighted by Gasteiger charge is 2.04. The Bertz CT molecular complexity index is 481. The van der Waals surface area contributed by atoms with Gasteiger partial charge in [-0.25, -0.2) is 0 Å². The Hall–Kier alpha value is -2.46. The summed E-state index contributed by atoms with van der Waals surface area (Å²) in [7, 11) is 1.52. The first-order valence-corrected chi connectivity index (χ1v) is 4.52. The third-order valence-electron chi connectivity index (χ3n) is 1.88. The van der Waals surface area contributed by atoms with Crippen molar-refractivity contribution in [1.82, 2.24) is 0 Å². The first-order valence-electron chi connectivity index (χ1n) is 4.52. The fraction of sp³-hybridized carbons (Fsp3) is 0.167. The van der Waals surface area contributed by atoms with E-state index in [1.807, 2.05) is 0 Å². The molecule has 0 radical (unpaired) electrons. The molecule has 0 spiro atoms. The highest BCUT2D eigenvalue weighted by Crippen LogP contribution is 2.21. The number of rotatable bonds is 3. The van der Waals surface area contributed by atoms with Crippen LogP contribution < -0.4 is 10.1 Å². The average molecular weight is 214 g/mol. The van der Waals surface area contributed by atoms with Gasteiger partial charge in [0.15, 0.2) is 0 Å². The van der Waals surface area contributed by atoms with E-state index < -0.39 is 0 Å². The number of nitrogens with zero attached hydrogens (tertiary/aromatic N) is 1. The molecule has 0 atom stereocenters. The van der Waals surface area contributed by atoms with Crippen molar-refractivity contribution >= 4 is 11.6 Å². The second-order valence-electron chi connectivity index (χ2n) is 2.94. The molecule has 4 nitrogen and oxygen atoms in total. The molecule has 0 aromatic heterocycles. The van der Waals surface area contributed by atoms with Gasteiger partial charge in [0.05, 0.1) is 18.7 Å². The zero-order valence-electron chi connectivity index (χ0n) is 8.78. The van der Waals surface area contributed by atoms with Gasteiger partial charge in [-0.05, 0) is 18.2 Å². The number of hydrogen-bond donors (Lipinski definition) is 1. The van der Waals surface area contributed by atoms with E-state index >= 15 is 0 Å². The van der Waals surface area contributed by atoms with Gasteiger partial charge in [0.2, 0.25) is 5.91 Å². The Kier molecular flexibility index (Phi) is 3.94. The van der Waals surface area contributed by atoms with E-state index in [1.54, 1.807) is 24.3 Å². The third-order valence-corrected chi connectivity index (χ3v) is 1.88. The predicted octanol–water partition coefficient (Wildman–Crippen LogP) is 1.53. The maximum atomic E-state index is 11.2. The topological polar surface area (TPSA) is 62.1 Å². The van der Waals surface area contributed by atoms with Gasteiger partial charge in [-0.3, -0.25) is 4.79 Å². The number of hydrogen-bond acceptors (Lipinski definition) is 3. The van der Waals surface area contributed by atoms with E-state index in [4.69, 9.17) is 16.4 Å². The summed E-state index contributed by atoms with van der Waals surface area (Å²) >= 11 is 0. The first kappa shape index (κ1) is 11.6. The van der Waals surface area contributed by atoms with Crippen LogP contribution in [0.3, 0.4) is 0 Å². The molecule has 0 saturated carbocycles. The minimum atomic E-state index is -0.365. The van der Waals surface area contributed by atoms with Crippen molar-refractivity contribution in [3.63, 3.8) is 0 Å². The molecule has 0 aliphatic carbocycles. The van der Waals surface area contributed by atoms with E-state index in [2.05, 4.69) is 11.2 Å². The summed E-state index contributed by atoms with van der Waals surface area (Å²) in [6.45, 7) is 0. The molecule has 4 heteroatoms. The molecule has 16 heavy (non-hydrogen) atoms. The second kappa shape index (κ2) is 5.43. The number of carbonyl (C=O) groups excluding carboxylic acids is 1. The molecule has 0 aliphatic heterocycles. The average Bonchev–Trinajstić information content (AvgIpc) is 2.29. The van der Waals surface area contributed by atoms with E-state index in [-0.39, 0.29) is 12.3 Å². The Balaban J connectivity index is 2.89. The van der Waals surface area contributed by atoms with Crippen LogP contribution in [0.15, 0.2) is 18.2 Å². The third kappa shape index (κ3) is 2.76. The standard InChI is InChI=1S/C12H10N2O2/c1-3-9-8-10(4-5-11(9)16-2)14-12(15)6-7-13/h1,4-5,8H,6H2,2H3,(H,14,15). The summed E-state index contributed by atoms with van der Waals surface area (Å²) in [6.07, 6.45) is 5.11. The molecular formula is C12H10N2O2. The molecule has 0 aliphatic rings. The van der Waals surface area contributed by atoms with Gasteiger partial charge < -0.3 is 10.1 Å². The lowest BCUT2D eigenvalue weighted by Crippen LogP contribution is -2.10. The first-order chi connectivity index (χ1) is 7.71. The molecule has 1 rings (SSSR count). The molecule has 0 fully saturated rings. The van der Waals surface area contributed by atoms with Crippen molar-refractivity contribution in [3.8, 4) is 24.2 Å². The molecule has 1 aromatic rings. The lowest BCUT2D eigenvalue weighted by atomic mass is 10.2. The molecular weight excluding hydrogens is 204 g/mol. The van der Waals surface area contributed by atoms with Crippen LogP contribution in [-0.4, -0.2) is 13.0 Å².